The highest BCUT2D eigenvalue weighted by atomic mass is 32.2. The highest BCUT2D eigenvalue weighted by Crippen LogP contribution is 2.25. The third kappa shape index (κ3) is 7.42. The van der Waals surface area contributed by atoms with Gasteiger partial charge in [-0.05, 0) is 51.4 Å². The molecule has 0 saturated carbocycles. The zero-order valence-corrected chi connectivity index (χ0v) is 21.4. The average molecular weight is 489 g/mol. The molecular formula is C29H32N2O3S. The molecule has 0 unspecified atom stereocenters. The number of hydrogen-bond acceptors (Lipinski definition) is 3. The molecule has 0 atom stereocenters. The van der Waals surface area contributed by atoms with Crippen LogP contribution in [0.2, 0.25) is 0 Å². The van der Waals surface area contributed by atoms with Crippen LogP contribution in [0, 0.1) is 0 Å². The Labute approximate surface area is 208 Å². The highest BCUT2D eigenvalue weighted by molar-refractivity contribution is 7.92. The molecule has 0 aromatic heterocycles. The number of carbonyl (C=O) groups is 1. The summed E-state index contributed by atoms with van der Waals surface area (Å²) in [7, 11) is -3.41. The van der Waals surface area contributed by atoms with Crippen molar-refractivity contribution in [2.75, 3.05) is 11.0 Å². The first-order valence-corrected chi connectivity index (χ1v) is 13.2. The van der Waals surface area contributed by atoms with E-state index in [1.165, 1.54) is 5.56 Å². The molecule has 3 aromatic rings. The summed E-state index contributed by atoms with van der Waals surface area (Å²) in [6, 6.07) is 23.0. The van der Waals surface area contributed by atoms with E-state index < -0.39 is 10.0 Å². The quantitative estimate of drug-likeness (QED) is 0.308. The lowest BCUT2D eigenvalue weighted by molar-refractivity contribution is -0.115. The number of hydrogen-bond donors (Lipinski definition) is 2. The first-order chi connectivity index (χ1) is 16.5. The molecule has 0 heterocycles. The van der Waals surface area contributed by atoms with Crippen LogP contribution in [0.3, 0.4) is 0 Å². The number of anilines is 1. The topological polar surface area (TPSA) is 75.3 Å². The van der Waals surface area contributed by atoms with E-state index in [2.05, 4.69) is 49.5 Å². The van der Waals surface area contributed by atoms with Crippen LogP contribution in [0.25, 0.3) is 17.7 Å². The molecule has 0 bridgehead atoms. The predicted molar refractivity (Wildman–Crippen MR) is 146 cm³/mol. The van der Waals surface area contributed by atoms with E-state index in [0.717, 1.165) is 22.9 Å². The monoisotopic (exact) mass is 488 g/mol. The lowest BCUT2D eigenvalue weighted by atomic mass is 9.86. The van der Waals surface area contributed by atoms with Gasteiger partial charge in [0, 0.05) is 12.1 Å². The highest BCUT2D eigenvalue weighted by Gasteiger charge is 2.15. The summed E-state index contributed by atoms with van der Waals surface area (Å²) in [6.07, 6.45) is 4.57. The van der Waals surface area contributed by atoms with Crippen LogP contribution >= 0.6 is 0 Å². The van der Waals surface area contributed by atoms with Crippen molar-refractivity contribution in [1.82, 2.24) is 5.32 Å². The number of benzene rings is 3. The van der Waals surface area contributed by atoms with Crippen LogP contribution in [-0.4, -0.2) is 20.6 Å². The fourth-order valence-corrected chi connectivity index (χ4v) is 4.19. The second kappa shape index (κ2) is 10.7. The number of nitrogens with one attached hydrogen (secondary N) is 2. The summed E-state index contributed by atoms with van der Waals surface area (Å²) >= 11 is 0. The van der Waals surface area contributed by atoms with Gasteiger partial charge in [-0.15, -0.1) is 0 Å². The van der Waals surface area contributed by atoms with E-state index in [9.17, 15) is 13.2 Å². The molecule has 0 aliphatic rings. The summed E-state index contributed by atoms with van der Waals surface area (Å²) < 4.78 is 25.7. The maximum absolute atomic E-state index is 13.3. The third-order valence-corrected chi connectivity index (χ3v) is 6.09. The largest absolute Gasteiger partial charge is 0.348 e. The minimum Gasteiger partial charge on any atom is -0.348 e. The summed E-state index contributed by atoms with van der Waals surface area (Å²) in [5, 5.41) is 2.99. The lowest BCUT2D eigenvalue weighted by Crippen LogP contribution is -2.24. The fraction of sp³-hybridized carbons (Fsp3) is 0.207. The number of sulfonamides is 1. The normalized spacial score (nSPS) is 12.2. The van der Waals surface area contributed by atoms with Crippen molar-refractivity contribution < 1.29 is 13.2 Å². The minimum absolute atomic E-state index is 0.0541. The Bertz CT molecular complexity index is 1330. The molecule has 0 aliphatic heterocycles. The standard InChI is InChI=1S/C29H32N2O3S/c1-6-23-18-22(14-17-27(23)31-35(5,33)34)20-30-28(32)26(24-10-8-7-9-11-24)19-21-12-15-25(16-13-21)29(2,3)4/h6-19,31H,1,20H2,2-5H3,(H,30,32). The van der Waals surface area contributed by atoms with E-state index in [0.29, 0.717) is 16.8 Å². The maximum atomic E-state index is 13.3. The van der Waals surface area contributed by atoms with Crippen molar-refractivity contribution in [2.45, 2.75) is 32.7 Å². The van der Waals surface area contributed by atoms with Crippen molar-refractivity contribution in [2.24, 2.45) is 0 Å². The second-order valence-electron chi connectivity index (χ2n) is 9.48. The summed E-state index contributed by atoms with van der Waals surface area (Å²) in [4.78, 5) is 13.3. The molecule has 182 valence electrons. The molecule has 0 spiro atoms. The van der Waals surface area contributed by atoms with Gasteiger partial charge in [0.2, 0.25) is 10.0 Å². The van der Waals surface area contributed by atoms with E-state index >= 15 is 0 Å². The zero-order chi connectivity index (χ0) is 25.6. The van der Waals surface area contributed by atoms with Gasteiger partial charge in [-0.3, -0.25) is 9.52 Å². The fourth-order valence-electron chi connectivity index (χ4n) is 3.60. The van der Waals surface area contributed by atoms with E-state index in [1.807, 2.05) is 48.5 Å². The lowest BCUT2D eigenvalue weighted by Gasteiger charge is -2.19. The van der Waals surface area contributed by atoms with Crippen LogP contribution in [0.1, 0.15) is 48.6 Å². The molecule has 3 aromatic carbocycles. The second-order valence-corrected chi connectivity index (χ2v) is 11.2. The summed E-state index contributed by atoms with van der Waals surface area (Å²) in [5.41, 5.74) is 5.52. The van der Waals surface area contributed by atoms with E-state index in [1.54, 1.807) is 24.3 Å². The van der Waals surface area contributed by atoms with Crippen LogP contribution in [0.5, 0.6) is 0 Å². The summed E-state index contributed by atoms with van der Waals surface area (Å²) in [6.45, 7) is 10.6. The van der Waals surface area contributed by atoms with Crippen LogP contribution in [0.15, 0.2) is 79.4 Å². The van der Waals surface area contributed by atoms with Gasteiger partial charge < -0.3 is 5.32 Å². The first kappa shape index (κ1) is 26.0. The number of rotatable bonds is 8. The predicted octanol–water partition coefficient (Wildman–Crippen LogP) is 5.86. The Morgan fingerprint density at radius 2 is 1.63 bits per heavy atom. The van der Waals surface area contributed by atoms with Gasteiger partial charge in [0.25, 0.3) is 5.91 Å². The van der Waals surface area contributed by atoms with Gasteiger partial charge in [-0.2, -0.15) is 0 Å². The van der Waals surface area contributed by atoms with Crippen LogP contribution in [-0.2, 0) is 26.8 Å². The van der Waals surface area contributed by atoms with Crippen molar-refractivity contribution >= 4 is 39.3 Å². The van der Waals surface area contributed by atoms with Gasteiger partial charge in [0.15, 0.2) is 0 Å². The average Bonchev–Trinajstić information content (AvgIpc) is 2.81. The number of amides is 1. The van der Waals surface area contributed by atoms with Gasteiger partial charge in [-0.1, -0.05) is 94.1 Å². The smallest absolute Gasteiger partial charge is 0.252 e. The maximum Gasteiger partial charge on any atom is 0.252 e. The van der Waals surface area contributed by atoms with Gasteiger partial charge >= 0.3 is 0 Å². The molecule has 5 nitrogen and oxygen atoms in total. The SMILES string of the molecule is C=Cc1cc(CNC(=O)C(=Cc2ccc(C(C)(C)C)cc2)c2ccccc2)ccc1NS(C)(=O)=O. The Morgan fingerprint density at radius 3 is 2.20 bits per heavy atom. The van der Waals surface area contributed by atoms with Crippen molar-refractivity contribution in [3.05, 3.63) is 107 Å². The van der Waals surface area contributed by atoms with E-state index in [-0.39, 0.29) is 17.9 Å². The van der Waals surface area contributed by atoms with Gasteiger partial charge in [0.05, 0.1) is 11.9 Å². The Hall–Kier alpha value is -3.64. The molecule has 0 saturated heterocycles. The molecule has 0 radical (unpaired) electrons. The zero-order valence-electron chi connectivity index (χ0n) is 20.6. The molecule has 35 heavy (non-hydrogen) atoms. The van der Waals surface area contributed by atoms with Crippen molar-refractivity contribution in [3.63, 3.8) is 0 Å². The molecule has 6 heteroatoms. The van der Waals surface area contributed by atoms with Crippen LogP contribution in [0.4, 0.5) is 5.69 Å². The van der Waals surface area contributed by atoms with Gasteiger partial charge in [-0.25, -0.2) is 8.42 Å². The molecular weight excluding hydrogens is 456 g/mol. The molecule has 2 N–H and O–H groups in total. The van der Waals surface area contributed by atoms with Crippen molar-refractivity contribution in [1.29, 1.82) is 0 Å². The molecule has 0 fully saturated rings. The van der Waals surface area contributed by atoms with E-state index in [4.69, 9.17) is 0 Å². The first-order valence-electron chi connectivity index (χ1n) is 11.4. The Morgan fingerprint density at radius 1 is 0.971 bits per heavy atom. The Kier molecular flexibility index (Phi) is 7.97. The minimum atomic E-state index is -3.41. The Balaban J connectivity index is 1.84. The molecule has 3 rings (SSSR count). The molecule has 0 aliphatic carbocycles. The van der Waals surface area contributed by atoms with Gasteiger partial charge in [0.1, 0.15) is 0 Å². The van der Waals surface area contributed by atoms with Crippen molar-refractivity contribution in [3.8, 4) is 0 Å². The van der Waals surface area contributed by atoms with Crippen LogP contribution < -0.4 is 10.0 Å². The third-order valence-electron chi connectivity index (χ3n) is 5.50. The number of carbonyl (C=O) groups excluding carboxylic acids is 1. The summed E-state index contributed by atoms with van der Waals surface area (Å²) in [5.74, 6) is -0.199. The molecule has 1 amide bonds.